The molecule has 4 atom stereocenters. The first-order chi connectivity index (χ1) is 5.54. The van der Waals surface area contributed by atoms with Crippen molar-refractivity contribution in [3.63, 3.8) is 0 Å². The fourth-order valence-corrected chi connectivity index (χ4v) is 1.04. The van der Waals surface area contributed by atoms with Crippen molar-refractivity contribution in [2.45, 2.75) is 22.7 Å². The van der Waals surface area contributed by atoms with E-state index in [-0.39, 0.29) is 49.6 Å². The summed E-state index contributed by atoms with van der Waals surface area (Å²) >= 11 is 1.74. The number of hydrogen-bond acceptors (Lipinski definition) is 6. The molecule has 0 aromatic carbocycles. The monoisotopic (exact) mass is 500 g/mol. The zero-order valence-electron chi connectivity index (χ0n) is 7.71. The molecule has 0 saturated carbocycles. The zero-order valence-corrected chi connectivity index (χ0v) is 13.0. The summed E-state index contributed by atoms with van der Waals surface area (Å²) in [5.74, 6) is 4.98. The van der Waals surface area contributed by atoms with Crippen LogP contribution in [0, 0.1) is 0 Å². The molecule has 0 aromatic rings. The van der Waals surface area contributed by atoms with Crippen LogP contribution in [-0.4, -0.2) is 49.8 Å². The van der Waals surface area contributed by atoms with E-state index in [0.717, 1.165) is 0 Å². The summed E-state index contributed by atoms with van der Waals surface area (Å²) in [6.07, 6.45) is -3.99. The molecule has 16 heavy (non-hydrogen) atoms. The summed E-state index contributed by atoms with van der Waals surface area (Å²) in [6.45, 7) is -0.605. The second-order valence-electron chi connectivity index (χ2n) is 2.26. The number of rotatable bonds is 5. The minimum Gasteiger partial charge on any atom is -1.00 e. The number of halogens is 4. The molecule has 7 N–H and O–H groups in total. The molecule has 0 aliphatic rings. The first-order valence-corrected chi connectivity index (χ1v) is 4.57. The largest absolute Gasteiger partial charge is 1.00 e. The third-order valence-electron chi connectivity index (χ3n) is 1.36. The molecule has 1 unspecified atom stereocenters. The number of hydrazine groups is 1. The van der Waals surface area contributed by atoms with E-state index in [1.165, 1.54) is 0 Å². The van der Waals surface area contributed by atoms with Crippen LogP contribution in [0.3, 0.4) is 0 Å². The molecule has 0 bridgehead atoms. The van der Waals surface area contributed by atoms with E-state index in [1.807, 2.05) is 0 Å². The summed E-state index contributed by atoms with van der Waals surface area (Å²) in [6, 6.07) is 0. The smallest absolute Gasteiger partial charge is 1.00 e. The maximum absolute atomic E-state index is 9.22. The predicted molar refractivity (Wildman–Crippen MR) is 36.2 cm³/mol. The number of aliphatic hydroxyl groups is 4. The molecule has 0 aliphatic carbocycles. The topological polar surface area (TPSA) is 119 Å². The Labute approximate surface area is 130 Å². The SMILES string of the molecule is NN[CH]([Pt+4])[C@@H](O)[C@H](O)[C@H](O)CO.[Cl-].[Cl-].[Cl-].[Cl-]. The van der Waals surface area contributed by atoms with Crippen molar-refractivity contribution in [3.8, 4) is 0 Å². The van der Waals surface area contributed by atoms with Crippen molar-refractivity contribution < 1.29 is 89.9 Å². The molecule has 0 heterocycles. The van der Waals surface area contributed by atoms with Crippen LogP contribution in [0.5, 0.6) is 0 Å². The Balaban J connectivity index is -0.000000101. The van der Waals surface area contributed by atoms with E-state index in [2.05, 4.69) is 5.43 Å². The second kappa shape index (κ2) is 16.6. The van der Waals surface area contributed by atoms with Gasteiger partial charge in [-0.2, -0.15) is 0 Å². The summed E-state index contributed by atoms with van der Waals surface area (Å²) in [5.41, 5.74) is 2.21. The summed E-state index contributed by atoms with van der Waals surface area (Å²) in [5, 5.41) is 35.7. The number of nitrogens with two attached hydrogens (primary N) is 1. The molecule has 0 rings (SSSR count). The Morgan fingerprint density at radius 2 is 1.38 bits per heavy atom. The average Bonchev–Trinajstić information content (AvgIpc) is 2.12. The maximum Gasteiger partial charge on any atom is -1.00 e. The standard InChI is InChI=1S/C5H13N2O4.4ClH.Pt/c6-7-1-3(9)5(11)4(10)2-8;;;;;/h1,3-5,7-11H,2,6H2;4*1H;/q;;;;;+4/p-4/t3-,4-,5+;;;;;/m1...../s1. The van der Waals surface area contributed by atoms with Gasteiger partial charge < -0.3 is 49.6 Å². The van der Waals surface area contributed by atoms with Crippen LogP contribution in [0.1, 0.15) is 0 Å². The van der Waals surface area contributed by atoms with Gasteiger partial charge in [-0.25, -0.2) is 0 Å². The Morgan fingerprint density at radius 1 is 1.00 bits per heavy atom. The maximum atomic E-state index is 9.22. The van der Waals surface area contributed by atoms with Crippen molar-refractivity contribution in [1.29, 1.82) is 0 Å². The molecule has 0 spiro atoms. The van der Waals surface area contributed by atoms with E-state index in [4.69, 9.17) is 21.2 Å². The van der Waals surface area contributed by atoms with E-state index in [9.17, 15) is 5.11 Å². The van der Waals surface area contributed by atoms with E-state index in [0.29, 0.717) is 0 Å². The third kappa shape index (κ3) is 10.7. The first kappa shape index (κ1) is 30.6. The fourth-order valence-electron chi connectivity index (χ4n) is 0.595. The van der Waals surface area contributed by atoms with Gasteiger partial charge in [0.15, 0.2) is 0 Å². The van der Waals surface area contributed by atoms with Crippen LogP contribution < -0.4 is 60.9 Å². The van der Waals surface area contributed by atoms with Crippen molar-refractivity contribution in [2.75, 3.05) is 6.61 Å². The molecule has 6 nitrogen and oxygen atoms in total. The number of nitrogens with one attached hydrogen (secondary N) is 1. The predicted octanol–water partition coefficient (Wildman–Crippen LogP) is -15.6. The van der Waals surface area contributed by atoms with Crippen molar-refractivity contribution in [2.24, 2.45) is 5.84 Å². The molecule has 0 aromatic heterocycles. The molecule has 0 amide bonds. The van der Waals surface area contributed by atoms with Gasteiger partial charge in [0, 0.05) is 0 Å². The van der Waals surface area contributed by atoms with Gasteiger partial charge in [-0.15, -0.1) is 0 Å². The molecular weight excluding hydrogens is 489 g/mol. The van der Waals surface area contributed by atoms with Crippen LogP contribution in [0.25, 0.3) is 0 Å². The van der Waals surface area contributed by atoms with E-state index < -0.39 is 29.4 Å². The van der Waals surface area contributed by atoms with Crippen molar-refractivity contribution in [1.82, 2.24) is 5.43 Å². The van der Waals surface area contributed by atoms with E-state index in [1.54, 1.807) is 19.8 Å². The quantitative estimate of drug-likeness (QED) is 0.164. The molecule has 0 radical (unpaired) electrons. The van der Waals surface area contributed by atoms with E-state index >= 15 is 0 Å². The second-order valence-corrected chi connectivity index (χ2v) is 3.67. The van der Waals surface area contributed by atoms with Crippen molar-refractivity contribution >= 4 is 0 Å². The van der Waals surface area contributed by atoms with Crippen molar-refractivity contribution in [3.05, 3.63) is 0 Å². The van der Waals surface area contributed by atoms with Gasteiger partial charge >= 0.3 is 80.9 Å². The Kier molecular flexibility index (Phi) is 31.7. The van der Waals surface area contributed by atoms with Gasteiger partial charge in [0.2, 0.25) is 0 Å². The minimum atomic E-state index is -1.41. The summed E-state index contributed by atoms with van der Waals surface area (Å²) < 4.78 is -0.582. The van der Waals surface area contributed by atoms with Gasteiger partial charge in [-0.3, -0.25) is 0 Å². The van der Waals surface area contributed by atoms with Crippen LogP contribution in [-0.2, 0) is 19.8 Å². The Hall–Kier alpha value is 1.61. The third-order valence-corrected chi connectivity index (χ3v) is 2.51. The number of hydrogen-bond donors (Lipinski definition) is 6. The van der Waals surface area contributed by atoms with Gasteiger partial charge in [-0.1, -0.05) is 0 Å². The van der Waals surface area contributed by atoms with Gasteiger partial charge in [0.05, 0.1) is 0 Å². The Morgan fingerprint density at radius 3 is 1.62 bits per heavy atom. The summed E-state index contributed by atoms with van der Waals surface area (Å²) in [4.78, 5) is 0. The fraction of sp³-hybridized carbons (Fsp3) is 1.00. The normalized spacial score (nSPS) is 16.1. The molecule has 11 heteroatoms. The van der Waals surface area contributed by atoms with Crippen LogP contribution >= 0.6 is 0 Å². The average molecular weight is 502 g/mol. The van der Waals surface area contributed by atoms with Gasteiger partial charge in [-0.05, 0) is 0 Å². The molecule has 0 aliphatic heterocycles. The first-order valence-electron chi connectivity index (χ1n) is 3.26. The van der Waals surface area contributed by atoms with Gasteiger partial charge in [0.25, 0.3) is 0 Å². The van der Waals surface area contributed by atoms with Crippen LogP contribution in [0.15, 0.2) is 0 Å². The van der Waals surface area contributed by atoms with Crippen LogP contribution in [0.2, 0.25) is 0 Å². The summed E-state index contributed by atoms with van der Waals surface area (Å²) in [7, 11) is 0. The molecule has 0 saturated heterocycles. The Bertz CT molecular complexity index is 127. The molecular formula is C5H13Cl4N2O4Pt. The molecule has 105 valence electrons. The van der Waals surface area contributed by atoms with Gasteiger partial charge in [0.1, 0.15) is 0 Å². The number of aliphatic hydroxyl groups excluding tert-OH is 4. The zero-order chi connectivity index (χ0) is 9.72. The van der Waals surface area contributed by atoms with Crippen LogP contribution in [0.4, 0.5) is 0 Å². The minimum absolute atomic E-state index is 0. The molecule has 0 fully saturated rings.